The van der Waals surface area contributed by atoms with Gasteiger partial charge in [0.25, 0.3) is 0 Å². The van der Waals surface area contributed by atoms with Crippen LogP contribution in [0.15, 0.2) is 60.7 Å². The fourth-order valence-corrected chi connectivity index (χ4v) is 2.19. The maximum absolute atomic E-state index is 5.59. The molecule has 3 rings (SSSR count). The van der Waals surface area contributed by atoms with E-state index in [-0.39, 0.29) is 11.0 Å². The van der Waals surface area contributed by atoms with Crippen molar-refractivity contribution < 1.29 is 0 Å². The monoisotopic (exact) mass is 320 g/mol. The molecule has 0 saturated heterocycles. The molecule has 1 aromatic heterocycles. The van der Waals surface area contributed by atoms with Crippen molar-refractivity contribution in [1.82, 2.24) is 31.2 Å². The Kier molecular flexibility index (Phi) is 4.70. The highest BCUT2D eigenvalue weighted by molar-refractivity contribution is 5.62. The van der Waals surface area contributed by atoms with Crippen LogP contribution in [0.5, 0.6) is 0 Å². The van der Waals surface area contributed by atoms with E-state index in [1.54, 1.807) is 0 Å². The van der Waals surface area contributed by atoms with Gasteiger partial charge in [-0.25, -0.2) is 0 Å². The molecule has 0 atom stereocenters. The molecule has 0 spiro atoms. The molecule has 0 bridgehead atoms. The number of rotatable bonds is 4. The smallest absolute Gasteiger partial charge is 0.221 e. The summed E-state index contributed by atoms with van der Waals surface area (Å²) in [7, 11) is 0. The van der Waals surface area contributed by atoms with Crippen molar-refractivity contribution in [3.8, 4) is 0 Å². The van der Waals surface area contributed by atoms with Gasteiger partial charge in [-0.1, -0.05) is 60.7 Å². The average molecular weight is 320 g/mol. The first-order valence-electron chi connectivity index (χ1n) is 7.19. The number of hydrogen-bond acceptors (Lipinski definition) is 8. The second-order valence-corrected chi connectivity index (χ2v) is 4.82. The fourth-order valence-electron chi connectivity index (χ4n) is 2.19. The van der Waals surface area contributed by atoms with Gasteiger partial charge in [-0.2, -0.15) is 0 Å². The lowest BCUT2D eigenvalue weighted by Gasteiger charge is -2.06. The number of hydrazine groups is 2. The van der Waals surface area contributed by atoms with E-state index in [0.717, 1.165) is 11.1 Å². The summed E-state index contributed by atoms with van der Waals surface area (Å²) in [6.07, 6.45) is 0. The molecule has 0 amide bonds. The summed E-state index contributed by atoms with van der Waals surface area (Å²) < 4.78 is 0. The summed E-state index contributed by atoms with van der Waals surface area (Å²) in [6, 6.07) is 18.9. The zero-order valence-corrected chi connectivity index (χ0v) is 12.7. The number of hydrogen-bond donors (Lipinski definition) is 4. The lowest BCUT2D eigenvalue weighted by Crippen LogP contribution is -2.38. The predicted octanol–water partition coefficient (Wildman–Crippen LogP) is -1.49. The molecule has 3 aromatic rings. The molecule has 0 aliphatic heterocycles. The Morgan fingerprint density at radius 2 is 0.917 bits per heavy atom. The van der Waals surface area contributed by atoms with Gasteiger partial charge in [0.15, 0.2) is 0 Å². The standard InChI is InChI=1S/C16H16N8/c17-19-13(11-7-3-1-4-8-11)15-21-23-16(24-22-15)14(20-18)12-9-5-2-6-10-12/h1-10,19-20H,17-18H2. The maximum Gasteiger partial charge on any atom is 0.221 e. The summed E-state index contributed by atoms with van der Waals surface area (Å²) in [6.45, 7) is 0. The Labute approximate surface area is 137 Å². The molecular formula is C16H16N8. The second-order valence-electron chi connectivity index (χ2n) is 4.82. The van der Waals surface area contributed by atoms with Crippen molar-refractivity contribution in [3.05, 3.63) is 82.7 Å². The summed E-state index contributed by atoms with van der Waals surface area (Å²) in [4.78, 5) is 0. The van der Waals surface area contributed by atoms with Gasteiger partial charge in [0, 0.05) is 11.1 Å². The molecule has 6 N–H and O–H groups in total. The highest BCUT2D eigenvalue weighted by Gasteiger charge is 2.06. The van der Waals surface area contributed by atoms with Crippen LogP contribution in [0.2, 0.25) is 0 Å². The van der Waals surface area contributed by atoms with Crippen molar-refractivity contribution in [1.29, 1.82) is 0 Å². The van der Waals surface area contributed by atoms with E-state index < -0.39 is 0 Å². The van der Waals surface area contributed by atoms with Crippen LogP contribution >= 0.6 is 0 Å². The number of aromatic nitrogens is 4. The third-order valence-corrected chi connectivity index (χ3v) is 3.34. The van der Waals surface area contributed by atoms with Crippen molar-refractivity contribution >= 4 is 11.4 Å². The van der Waals surface area contributed by atoms with E-state index in [1.807, 2.05) is 60.7 Å². The third-order valence-electron chi connectivity index (χ3n) is 3.34. The van der Waals surface area contributed by atoms with Gasteiger partial charge in [0.1, 0.15) is 11.4 Å². The maximum atomic E-state index is 5.59. The van der Waals surface area contributed by atoms with E-state index in [0.29, 0.717) is 11.4 Å². The van der Waals surface area contributed by atoms with Gasteiger partial charge in [0.2, 0.25) is 11.0 Å². The van der Waals surface area contributed by atoms with E-state index >= 15 is 0 Å². The highest BCUT2D eigenvalue weighted by Crippen LogP contribution is 2.06. The molecule has 0 aliphatic carbocycles. The molecule has 8 heteroatoms. The number of benzene rings is 2. The van der Waals surface area contributed by atoms with Crippen LogP contribution in [0.4, 0.5) is 0 Å². The van der Waals surface area contributed by atoms with Crippen LogP contribution in [0.1, 0.15) is 11.1 Å². The molecular weight excluding hydrogens is 304 g/mol. The molecule has 0 fully saturated rings. The molecule has 0 radical (unpaired) electrons. The van der Waals surface area contributed by atoms with Crippen molar-refractivity contribution in [3.63, 3.8) is 0 Å². The molecule has 24 heavy (non-hydrogen) atoms. The van der Waals surface area contributed by atoms with Crippen LogP contribution in [-0.4, -0.2) is 20.4 Å². The van der Waals surface area contributed by atoms with Gasteiger partial charge in [0.05, 0.1) is 0 Å². The van der Waals surface area contributed by atoms with Crippen LogP contribution in [0.25, 0.3) is 11.4 Å². The minimum absolute atomic E-state index is 0.289. The summed E-state index contributed by atoms with van der Waals surface area (Å²) in [5.74, 6) is 11.2. The zero-order chi connectivity index (χ0) is 16.8. The summed E-state index contributed by atoms with van der Waals surface area (Å²) in [5.41, 5.74) is 8.50. The van der Waals surface area contributed by atoms with Crippen molar-refractivity contribution in [2.75, 3.05) is 0 Å². The molecule has 120 valence electrons. The normalized spacial score (nSPS) is 10.1. The van der Waals surface area contributed by atoms with Crippen LogP contribution in [0.3, 0.4) is 0 Å². The van der Waals surface area contributed by atoms with Crippen molar-refractivity contribution in [2.45, 2.75) is 0 Å². The third kappa shape index (κ3) is 3.19. The Hall–Kier alpha value is -3.36. The van der Waals surface area contributed by atoms with E-state index in [2.05, 4.69) is 31.2 Å². The molecule has 8 nitrogen and oxygen atoms in total. The number of nitrogens with one attached hydrogen (secondary N) is 2. The van der Waals surface area contributed by atoms with E-state index in [4.69, 9.17) is 11.7 Å². The quantitative estimate of drug-likeness (QED) is 0.338. The van der Waals surface area contributed by atoms with Gasteiger partial charge in [-0.3, -0.25) is 11.7 Å². The lowest BCUT2D eigenvalue weighted by molar-refractivity contribution is 0.752. The summed E-state index contributed by atoms with van der Waals surface area (Å²) >= 11 is 0. The van der Waals surface area contributed by atoms with Crippen LogP contribution in [-0.2, 0) is 0 Å². The lowest BCUT2D eigenvalue weighted by atomic mass is 10.2. The van der Waals surface area contributed by atoms with E-state index in [9.17, 15) is 0 Å². The molecule has 0 unspecified atom stereocenters. The van der Waals surface area contributed by atoms with Crippen molar-refractivity contribution in [2.24, 2.45) is 11.7 Å². The zero-order valence-electron chi connectivity index (χ0n) is 12.7. The Balaban J connectivity index is 2.13. The largest absolute Gasteiger partial charge is 0.320 e. The van der Waals surface area contributed by atoms with Crippen LogP contribution < -0.4 is 33.5 Å². The first-order valence-corrected chi connectivity index (χ1v) is 7.19. The summed E-state index contributed by atoms with van der Waals surface area (Å²) in [5, 5.41) is 16.4. The van der Waals surface area contributed by atoms with Gasteiger partial charge in [-0.05, 0) is 0 Å². The minimum atomic E-state index is 0.289. The number of nitrogens with zero attached hydrogens (tertiary/aromatic N) is 4. The predicted molar refractivity (Wildman–Crippen MR) is 89.4 cm³/mol. The minimum Gasteiger partial charge on any atom is -0.320 e. The SMILES string of the molecule is NNC(c1ccccc1)=c1nnc(=C(NN)c2ccccc2)nn1. The first kappa shape index (κ1) is 15.5. The second kappa shape index (κ2) is 7.27. The molecule has 0 saturated carbocycles. The molecule has 2 aromatic carbocycles. The van der Waals surface area contributed by atoms with Gasteiger partial charge < -0.3 is 10.9 Å². The van der Waals surface area contributed by atoms with Crippen LogP contribution in [0, 0.1) is 0 Å². The van der Waals surface area contributed by atoms with Gasteiger partial charge >= 0.3 is 0 Å². The number of nitrogens with two attached hydrogens (primary N) is 2. The first-order chi connectivity index (χ1) is 11.8. The topological polar surface area (TPSA) is 128 Å². The van der Waals surface area contributed by atoms with Gasteiger partial charge in [-0.15, -0.1) is 20.4 Å². The highest BCUT2D eigenvalue weighted by atomic mass is 15.3. The molecule has 0 aliphatic rings. The Morgan fingerprint density at radius 3 is 1.21 bits per heavy atom. The Morgan fingerprint density at radius 1 is 0.583 bits per heavy atom. The fraction of sp³-hybridized carbons (Fsp3) is 0. The average Bonchev–Trinajstić information content (AvgIpc) is 2.66. The Bertz CT molecular complexity index is 823. The van der Waals surface area contributed by atoms with E-state index in [1.165, 1.54) is 0 Å². The molecule has 1 heterocycles.